The lowest BCUT2D eigenvalue weighted by Crippen LogP contribution is -2.14. The number of sulfone groups is 1. The standard InChI is InChI=1S/C13H10F3NO4S2/c14-9-2-1-3-12(8-9)23(20,21)17-10-4-6-11(7-5-10)22(18,19)13(15)16/h1-8,13,17H. The lowest BCUT2D eigenvalue weighted by molar-refractivity contribution is 0.234. The van der Waals surface area contributed by atoms with Gasteiger partial charge >= 0.3 is 5.76 Å². The minimum absolute atomic E-state index is 0.0533. The van der Waals surface area contributed by atoms with Crippen molar-refractivity contribution in [2.45, 2.75) is 15.5 Å². The molecule has 1 N–H and O–H groups in total. The van der Waals surface area contributed by atoms with Crippen molar-refractivity contribution < 1.29 is 30.0 Å². The number of sulfonamides is 1. The zero-order chi connectivity index (χ0) is 17.3. The maximum atomic E-state index is 13.1. The second kappa shape index (κ2) is 6.20. The van der Waals surface area contributed by atoms with Gasteiger partial charge in [0.1, 0.15) is 5.82 Å². The maximum absolute atomic E-state index is 13.1. The van der Waals surface area contributed by atoms with Gasteiger partial charge in [0.15, 0.2) is 0 Å². The number of rotatable bonds is 5. The van der Waals surface area contributed by atoms with Gasteiger partial charge in [0.05, 0.1) is 9.79 Å². The van der Waals surface area contributed by atoms with Crippen molar-refractivity contribution in [3.63, 3.8) is 0 Å². The van der Waals surface area contributed by atoms with E-state index >= 15 is 0 Å². The van der Waals surface area contributed by atoms with Gasteiger partial charge in [0.25, 0.3) is 10.0 Å². The summed E-state index contributed by atoms with van der Waals surface area (Å²) in [6, 6.07) is 8.00. The molecule has 0 heterocycles. The highest BCUT2D eigenvalue weighted by Gasteiger charge is 2.26. The van der Waals surface area contributed by atoms with E-state index in [4.69, 9.17) is 0 Å². The van der Waals surface area contributed by atoms with Crippen LogP contribution < -0.4 is 4.72 Å². The molecule has 0 spiro atoms. The van der Waals surface area contributed by atoms with Crippen LogP contribution in [0.5, 0.6) is 0 Å². The van der Waals surface area contributed by atoms with Gasteiger partial charge in [0.2, 0.25) is 9.84 Å². The lowest BCUT2D eigenvalue weighted by Gasteiger charge is -2.09. The Hall–Kier alpha value is -2.07. The van der Waals surface area contributed by atoms with Crippen LogP contribution in [0.2, 0.25) is 0 Å². The fraction of sp³-hybridized carbons (Fsp3) is 0.0769. The Kier molecular flexibility index (Phi) is 4.66. The first-order valence-corrected chi connectivity index (χ1v) is 9.06. The summed E-state index contributed by atoms with van der Waals surface area (Å²) in [4.78, 5) is -0.969. The molecule has 5 nitrogen and oxygen atoms in total. The van der Waals surface area contributed by atoms with E-state index in [1.165, 1.54) is 12.1 Å². The second-order valence-electron chi connectivity index (χ2n) is 4.39. The zero-order valence-electron chi connectivity index (χ0n) is 11.3. The van der Waals surface area contributed by atoms with E-state index in [9.17, 15) is 30.0 Å². The number of benzene rings is 2. The van der Waals surface area contributed by atoms with Gasteiger partial charge in [-0.25, -0.2) is 21.2 Å². The molecule has 0 aliphatic heterocycles. The number of nitrogens with one attached hydrogen (secondary N) is 1. The first kappa shape index (κ1) is 17.3. The van der Waals surface area contributed by atoms with E-state index in [2.05, 4.69) is 4.72 Å². The lowest BCUT2D eigenvalue weighted by atomic mass is 10.3. The SMILES string of the molecule is O=S(=O)(Nc1ccc(S(=O)(=O)C(F)F)cc1)c1cccc(F)c1. The molecule has 2 aromatic rings. The van der Waals surface area contributed by atoms with Crippen LogP contribution in [0.15, 0.2) is 58.3 Å². The van der Waals surface area contributed by atoms with Crippen LogP contribution in [-0.4, -0.2) is 22.6 Å². The minimum atomic E-state index is -4.76. The molecule has 0 fully saturated rings. The normalized spacial score (nSPS) is 12.3. The van der Waals surface area contributed by atoms with Crippen molar-refractivity contribution in [3.8, 4) is 0 Å². The van der Waals surface area contributed by atoms with Crippen molar-refractivity contribution in [1.82, 2.24) is 0 Å². The van der Waals surface area contributed by atoms with Crippen LogP contribution in [0.1, 0.15) is 0 Å². The van der Waals surface area contributed by atoms with Crippen LogP contribution in [0.3, 0.4) is 0 Å². The molecule has 0 aliphatic rings. The molecule has 0 radical (unpaired) electrons. The third kappa shape index (κ3) is 3.82. The van der Waals surface area contributed by atoms with E-state index in [-0.39, 0.29) is 10.6 Å². The number of halogens is 3. The Bertz CT molecular complexity index is 910. The minimum Gasteiger partial charge on any atom is -0.280 e. The van der Waals surface area contributed by atoms with Gasteiger partial charge in [-0.3, -0.25) is 4.72 Å². The van der Waals surface area contributed by atoms with Crippen LogP contribution in [-0.2, 0) is 19.9 Å². The Morgan fingerprint density at radius 3 is 2.00 bits per heavy atom. The predicted molar refractivity (Wildman–Crippen MR) is 76.8 cm³/mol. The summed E-state index contributed by atoms with van der Waals surface area (Å²) in [7, 11) is -8.84. The molecule has 0 saturated carbocycles. The molecule has 0 aliphatic carbocycles. The molecule has 0 amide bonds. The molecule has 0 saturated heterocycles. The Labute approximate surface area is 130 Å². The highest BCUT2D eigenvalue weighted by Crippen LogP contribution is 2.22. The van der Waals surface area contributed by atoms with Gasteiger partial charge in [-0.1, -0.05) is 6.07 Å². The fourth-order valence-electron chi connectivity index (χ4n) is 1.66. The van der Waals surface area contributed by atoms with Crippen LogP contribution in [0.25, 0.3) is 0 Å². The molecule has 0 aromatic heterocycles. The maximum Gasteiger partial charge on any atom is 0.341 e. The average Bonchev–Trinajstić information content (AvgIpc) is 2.47. The van der Waals surface area contributed by atoms with Gasteiger partial charge in [-0.05, 0) is 42.5 Å². The number of anilines is 1. The van der Waals surface area contributed by atoms with Crippen molar-refractivity contribution >= 4 is 25.5 Å². The monoisotopic (exact) mass is 365 g/mol. The average molecular weight is 365 g/mol. The van der Waals surface area contributed by atoms with E-state index in [1.807, 2.05) is 0 Å². The first-order chi connectivity index (χ1) is 10.6. The van der Waals surface area contributed by atoms with Gasteiger partial charge in [-0.2, -0.15) is 8.78 Å². The highest BCUT2D eigenvalue weighted by molar-refractivity contribution is 7.92. The van der Waals surface area contributed by atoms with Crippen LogP contribution in [0.4, 0.5) is 18.9 Å². The summed E-state index contributed by atoms with van der Waals surface area (Å²) >= 11 is 0. The van der Waals surface area contributed by atoms with Crippen molar-refractivity contribution in [1.29, 1.82) is 0 Å². The van der Waals surface area contributed by atoms with Crippen molar-refractivity contribution in [2.75, 3.05) is 4.72 Å². The summed E-state index contributed by atoms with van der Waals surface area (Å²) in [6.45, 7) is 0. The summed E-state index contributed by atoms with van der Waals surface area (Å²) in [5.74, 6) is -4.32. The van der Waals surface area contributed by atoms with Crippen molar-refractivity contribution in [2.24, 2.45) is 0 Å². The van der Waals surface area contributed by atoms with Gasteiger partial charge in [0, 0.05) is 5.69 Å². The number of alkyl halides is 2. The predicted octanol–water partition coefficient (Wildman–Crippen LogP) is 2.62. The molecular formula is C13H10F3NO4S2. The molecule has 124 valence electrons. The smallest absolute Gasteiger partial charge is 0.280 e. The fourth-order valence-corrected chi connectivity index (χ4v) is 3.47. The van der Waals surface area contributed by atoms with E-state index in [0.29, 0.717) is 0 Å². The molecule has 23 heavy (non-hydrogen) atoms. The molecule has 0 atom stereocenters. The molecule has 2 aromatic carbocycles. The highest BCUT2D eigenvalue weighted by atomic mass is 32.2. The Morgan fingerprint density at radius 1 is 0.870 bits per heavy atom. The molecule has 0 unspecified atom stereocenters. The first-order valence-electron chi connectivity index (χ1n) is 6.03. The third-order valence-electron chi connectivity index (χ3n) is 2.78. The van der Waals surface area contributed by atoms with Gasteiger partial charge < -0.3 is 0 Å². The van der Waals surface area contributed by atoms with E-state index < -0.39 is 36.3 Å². The van der Waals surface area contributed by atoms with Crippen LogP contribution >= 0.6 is 0 Å². The molecule has 2 rings (SSSR count). The zero-order valence-corrected chi connectivity index (χ0v) is 12.9. The molecular weight excluding hydrogens is 355 g/mol. The second-order valence-corrected chi connectivity index (χ2v) is 7.99. The van der Waals surface area contributed by atoms with E-state index in [1.54, 1.807) is 0 Å². The van der Waals surface area contributed by atoms with E-state index in [0.717, 1.165) is 36.4 Å². The summed E-state index contributed by atoms with van der Waals surface area (Å²) < 4.78 is 86.5. The van der Waals surface area contributed by atoms with Crippen molar-refractivity contribution in [3.05, 3.63) is 54.3 Å². The molecule has 10 heteroatoms. The van der Waals surface area contributed by atoms with Crippen LogP contribution in [0, 0.1) is 5.82 Å². The summed E-state index contributed by atoms with van der Waals surface area (Å²) in [5.41, 5.74) is -0.0533. The Balaban J connectivity index is 2.28. The quantitative estimate of drug-likeness (QED) is 0.883. The Morgan fingerprint density at radius 2 is 1.48 bits per heavy atom. The number of hydrogen-bond acceptors (Lipinski definition) is 4. The van der Waals surface area contributed by atoms with Gasteiger partial charge in [-0.15, -0.1) is 0 Å². The summed E-state index contributed by atoms with van der Waals surface area (Å²) in [5, 5.41) is 0. The largest absolute Gasteiger partial charge is 0.341 e. The third-order valence-corrected chi connectivity index (χ3v) is 5.55. The summed E-state index contributed by atoms with van der Waals surface area (Å²) in [6.07, 6.45) is 0. The topological polar surface area (TPSA) is 80.3 Å². The number of hydrogen-bond donors (Lipinski definition) is 1. The molecule has 0 bridgehead atoms.